The van der Waals surface area contributed by atoms with Gasteiger partial charge in [0.1, 0.15) is 5.82 Å². The van der Waals surface area contributed by atoms with Crippen LogP contribution < -0.4 is 5.73 Å². The Morgan fingerprint density at radius 3 is 2.39 bits per heavy atom. The average Bonchev–Trinajstić information content (AvgIpc) is 2.41. The molecule has 0 heterocycles. The first kappa shape index (κ1) is 13.1. The number of hydrogen-bond donors (Lipinski definition) is 1. The lowest BCUT2D eigenvalue weighted by Crippen LogP contribution is -2.07. The van der Waals surface area contributed by atoms with Crippen molar-refractivity contribution in [2.45, 2.75) is 29.2 Å². The second-order valence-corrected chi connectivity index (χ2v) is 5.23. The molecule has 2 aromatic rings. The summed E-state index contributed by atoms with van der Waals surface area (Å²) in [6.45, 7) is 2.06. The molecule has 94 valence electrons. The van der Waals surface area contributed by atoms with Gasteiger partial charge in [-0.05, 0) is 36.2 Å². The van der Waals surface area contributed by atoms with Crippen molar-refractivity contribution >= 4 is 11.8 Å². The summed E-state index contributed by atoms with van der Waals surface area (Å²) in [4.78, 5) is 1.66. The maximum absolute atomic E-state index is 13.5. The number of hydrogen-bond acceptors (Lipinski definition) is 2. The molecule has 0 fully saturated rings. The zero-order valence-electron chi connectivity index (χ0n) is 10.3. The fourth-order valence-electron chi connectivity index (χ4n) is 1.67. The van der Waals surface area contributed by atoms with Crippen molar-refractivity contribution in [3.63, 3.8) is 0 Å². The largest absolute Gasteiger partial charge is 0.324 e. The van der Waals surface area contributed by atoms with E-state index in [4.69, 9.17) is 5.73 Å². The lowest BCUT2D eigenvalue weighted by atomic mass is 10.1. The molecule has 0 radical (unpaired) electrons. The van der Waals surface area contributed by atoms with Crippen molar-refractivity contribution in [1.82, 2.24) is 0 Å². The molecule has 0 unspecified atom stereocenters. The van der Waals surface area contributed by atoms with Crippen LogP contribution in [0, 0.1) is 5.82 Å². The fourth-order valence-corrected chi connectivity index (χ4v) is 2.51. The van der Waals surface area contributed by atoms with E-state index in [0.29, 0.717) is 4.90 Å². The Bertz CT molecular complexity index is 510. The molecule has 3 heteroatoms. The predicted molar refractivity (Wildman–Crippen MR) is 74.2 cm³/mol. The molecule has 0 bridgehead atoms. The van der Waals surface area contributed by atoms with Crippen LogP contribution in [0.4, 0.5) is 4.39 Å². The van der Waals surface area contributed by atoms with Crippen LogP contribution in [0.25, 0.3) is 0 Å². The highest BCUT2D eigenvalue weighted by Crippen LogP contribution is 2.30. The highest BCUT2D eigenvalue weighted by molar-refractivity contribution is 7.99. The quantitative estimate of drug-likeness (QED) is 0.883. The molecule has 0 amide bonds. The molecule has 2 rings (SSSR count). The Morgan fingerprint density at radius 2 is 1.78 bits per heavy atom. The molecular weight excluding hydrogens is 245 g/mol. The normalized spacial score (nSPS) is 12.4. The predicted octanol–water partition coefficient (Wildman–Crippen LogP) is 4.39. The molecule has 0 aliphatic rings. The van der Waals surface area contributed by atoms with Crippen LogP contribution in [0.5, 0.6) is 0 Å². The van der Waals surface area contributed by atoms with Gasteiger partial charge >= 0.3 is 0 Å². The minimum atomic E-state index is -0.183. The maximum atomic E-state index is 13.5. The third kappa shape index (κ3) is 3.12. The monoisotopic (exact) mass is 261 g/mol. The Hall–Kier alpha value is -1.32. The smallest absolute Gasteiger partial charge is 0.137 e. The minimum absolute atomic E-state index is 0.0810. The van der Waals surface area contributed by atoms with Gasteiger partial charge in [-0.15, -0.1) is 0 Å². The van der Waals surface area contributed by atoms with Gasteiger partial charge in [0.05, 0.1) is 0 Å². The van der Waals surface area contributed by atoms with E-state index in [0.717, 1.165) is 16.9 Å². The van der Waals surface area contributed by atoms with Crippen LogP contribution in [0.1, 0.15) is 24.9 Å². The van der Waals surface area contributed by atoms with Crippen LogP contribution in [0.15, 0.2) is 58.3 Å². The van der Waals surface area contributed by atoms with E-state index in [2.05, 4.69) is 6.92 Å². The van der Waals surface area contributed by atoms with Crippen molar-refractivity contribution in [1.29, 1.82) is 0 Å². The fraction of sp³-hybridized carbons (Fsp3) is 0.200. The summed E-state index contributed by atoms with van der Waals surface area (Å²) in [5.41, 5.74) is 7.07. The molecular formula is C15H16FNS. The molecule has 2 aromatic carbocycles. The zero-order valence-corrected chi connectivity index (χ0v) is 11.1. The van der Waals surface area contributed by atoms with Crippen LogP contribution in [-0.2, 0) is 0 Å². The van der Waals surface area contributed by atoms with Crippen molar-refractivity contribution in [3.05, 3.63) is 59.9 Å². The highest BCUT2D eigenvalue weighted by Gasteiger charge is 2.05. The summed E-state index contributed by atoms with van der Waals surface area (Å²) in [5, 5.41) is 0. The van der Waals surface area contributed by atoms with Gasteiger partial charge in [0.15, 0.2) is 0 Å². The van der Waals surface area contributed by atoms with Crippen molar-refractivity contribution in [3.8, 4) is 0 Å². The lowest BCUT2D eigenvalue weighted by Gasteiger charge is -2.09. The van der Waals surface area contributed by atoms with E-state index in [-0.39, 0.29) is 11.9 Å². The molecule has 0 aromatic heterocycles. The molecule has 1 nitrogen and oxygen atoms in total. The second kappa shape index (κ2) is 6.03. The van der Waals surface area contributed by atoms with Crippen LogP contribution in [-0.4, -0.2) is 0 Å². The first-order chi connectivity index (χ1) is 8.70. The number of nitrogens with two attached hydrogens (primary N) is 1. The molecule has 0 aliphatic heterocycles. The molecule has 0 spiro atoms. The van der Waals surface area contributed by atoms with Gasteiger partial charge < -0.3 is 5.73 Å². The van der Waals surface area contributed by atoms with E-state index in [1.165, 1.54) is 17.8 Å². The SMILES string of the molecule is CC[C@@H](N)c1ccc(Sc2ccccc2F)cc1. The highest BCUT2D eigenvalue weighted by atomic mass is 32.2. The van der Waals surface area contributed by atoms with E-state index in [9.17, 15) is 4.39 Å². The Balaban J connectivity index is 2.14. The zero-order chi connectivity index (χ0) is 13.0. The third-order valence-corrected chi connectivity index (χ3v) is 3.87. The van der Waals surface area contributed by atoms with E-state index in [1.807, 2.05) is 30.3 Å². The van der Waals surface area contributed by atoms with Gasteiger partial charge in [-0.1, -0.05) is 43.0 Å². The summed E-state index contributed by atoms with van der Waals surface area (Å²) in [5.74, 6) is -0.183. The topological polar surface area (TPSA) is 26.0 Å². The van der Waals surface area contributed by atoms with Crippen LogP contribution in [0.2, 0.25) is 0 Å². The van der Waals surface area contributed by atoms with Crippen molar-refractivity contribution in [2.24, 2.45) is 5.73 Å². The number of halogens is 1. The lowest BCUT2D eigenvalue weighted by molar-refractivity contribution is 0.602. The summed E-state index contributed by atoms with van der Waals surface area (Å²) in [6, 6.07) is 14.9. The Morgan fingerprint density at radius 1 is 1.11 bits per heavy atom. The van der Waals surface area contributed by atoms with E-state index < -0.39 is 0 Å². The van der Waals surface area contributed by atoms with Crippen molar-refractivity contribution < 1.29 is 4.39 Å². The van der Waals surface area contributed by atoms with Gasteiger partial charge in [-0.25, -0.2) is 4.39 Å². The minimum Gasteiger partial charge on any atom is -0.324 e. The standard InChI is InChI=1S/C15H16FNS/c1-2-14(17)11-7-9-12(10-8-11)18-15-6-4-3-5-13(15)16/h3-10,14H,2,17H2,1H3/t14-/m1/s1. The van der Waals surface area contributed by atoms with Crippen molar-refractivity contribution in [2.75, 3.05) is 0 Å². The van der Waals surface area contributed by atoms with Gasteiger partial charge in [-0.3, -0.25) is 0 Å². The second-order valence-electron chi connectivity index (χ2n) is 4.12. The number of rotatable bonds is 4. The van der Waals surface area contributed by atoms with E-state index >= 15 is 0 Å². The maximum Gasteiger partial charge on any atom is 0.137 e. The summed E-state index contributed by atoms with van der Waals surface area (Å²) >= 11 is 1.43. The number of benzene rings is 2. The van der Waals surface area contributed by atoms with Gasteiger partial charge in [0.25, 0.3) is 0 Å². The average molecular weight is 261 g/mol. The first-order valence-corrected chi connectivity index (χ1v) is 6.80. The Labute approximate surface area is 111 Å². The van der Waals surface area contributed by atoms with Gasteiger partial charge in [-0.2, -0.15) is 0 Å². The third-order valence-electron chi connectivity index (χ3n) is 2.81. The summed E-state index contributed by atoms with van der Waals surface area (Å²) in [7, 11) is 0. The summed E-state index contributed by atoms with van der Waals surface area (Å²) < 4.78 is 13.5. The summed E-state index contributed by atoms with van der Waals surface area (Å²) in [6.07, 6.45) is 0.916. The molecule has 0 saturated carbocycles. The molecule has 18 heavy (non-hydrogen) atoms. The Kier molecular flexibility index (Phi) is 4.39. The molecule has 0 aliphatic carbocycles. The first-order valence-electron chi connectivity index (χ1n) is 5.98. The van der Waals surface area contributed by atoms with Gasteiger partial charge in [0, 0.05) is 15.8 Å². The van der Waals surface area contributed by atoms with E-state index in [1.54, 1.807) is 12.1 Å². The van der Waals surface area contributed by atoms with Crippen LogP contribution in [0.3, 0.4) is 0 Å². The molecule has 1 atom stereocenters. The van der Waals surface area contributed by atoms with Crippen LogP contribution >= 0.6 is 11.8 Å². The van der Waals surface area contributed by atoms with Gasteiger partial charge in [0.2, 0.25) is 0 Å². The molecule has 2 N–H and O–H groups in total. The molecule has 0 saturated heterocycles.